The van der Waals surface area contributed by atoms with Gasteiger partial charge in [0.15, 0.2) is 0 Å². The van der Waals surface area contributed by atoms with Crippen LogP contribution in [0.4, 0.5) is 0 Å². The van der Waals surface area contributed by atoms with E-state index in [4.69, 9.17) is 0 Å². The van der Waals surface area contributed by atoms with Crippen LogP contribution >= 0.6 is 0 Å². The third-order valence-electron chi connectivity index (χ3n) is 1.71. The number of hydrogen-bond acceptors (Lipinski definition) is 2. The quantitative estimate of drug-likeness (QED) is 0.494. The van der Waals surface area contributed by atoms with Crippen molar-refractivity contribution in [3.8, 4) is 0 Å². The molecule has 2 aliphatic rings. The Kier molecular flexibility index (Phi) is 1.52. The second-order valence-electron chi connectivity index (χ2n) is 2.47. The molecule has 2 rings (SSSR count). The minimum absolute atomic E-state index is 0.322. The Hall–Kier alpha value is -1.44. The van der Waals surface area contributed by atoms with E-state index in [9.17, 15) is 0 Å². The Morgan fingerprint density at radius 2 is 2.09 bits per heavy atom. The van der Waals surface area contributed by atoms with Crippen LogP contribution in [-0.2, 0) is 0 Å². The average Bonchev–Trinajstić information content (AvgIpc) is 2.28. The fourth-order valence-electron chi connectivity index (χ4n) is 1.11. The number of allylic oxidation sites excluding steroid dienone is 6. The van der Waals surface area contributed by atoms with Crippen LogP contribution in [-0.4, -0.2) is 12.4 Å². The summed E-state index contributed by atoms with van der Waals surface area (Å²) in [6.07, 6.45) is 13.8. The Bertz CT molecular complexity index is 293. The summed E-state index contributed by atoms with van der Waals surface area (Å²) in [4.78, 5) is 0. The van der Waals surface area contributed by atoms with E-state index in [0.717, 1.165) is 0 Å². The molecule has 1 unspecified atom stereocenters. The Balaban J connectivity index is 2.39. The molecule has 0 aromatic carbocycles. The smallest absolute Gasteiger partial charge is 0.0537 e. The summed E-state index contributed by atoms with van der Waals surface area (Å²) in [6, 6.07) is 0. The lowest BCUT2D eigenvalue weighted by Crippen LogP contribution is -2.06. The monoisotopic (exact) mass is 144 g/mol. The number of hydrogen-bond donors (Lipinski definition) is 0. The van der Waals surface area contributed by atoms with E-state index in [1.165, 1.54) is 5.57 Å². The maximum Gasteiger partial charge on any atom is 0.0537 e. The van der Waals surface area contributed by atoms with E-state index >= 15 is 0 Å². The van der Waals surface area contributed by atoms with Crippen molar-refractivity contribution in [1.29, 1.82) is 0 Å². The molecule has 0 spiro atoms. The summed E-state index contributed by atoms with van der Waals surface area (Å²) in [6.45, 7) is 0. The summed E-state index contributed by atoms with van der Waals surface area (Å²) in [5, 5.41) is 7.64. The molecule has 54 valence electrons. The fraction of sp³-hybridized carbons (Fsp3) is 0.111. The molecule has 0 amide bonds. The average molecular weight is 144 g/mol. The van der Waals surface area contributed by atoms with Gasteiger partial charge in [0.05, 0.1) is 6.21 Å². The van der Waals surface area contributed by atoms with E-state index in [2.05, 4.69) is 22.4 Å². The van der Waals surface area contributed by atoms with Crippen molar-refractivity contribution in [1.82, 2.24) is 0 Å². The largest absolute Gasteiger partial charge is 0.163 e. The topological polar surface area (TPSA) is 24.7 Å². The van der Waals surface area contributed by atoms with Crippen LogP contribution in [0.1, 0.15) is 0 Å². The fourth-order valence-corrected chi connectivity index (χ4v) is 1.11. The van der Waals surface area contributed by atoms with Gasteiger partial charge in [0.1, 0.15) is 0 Å². The molecule has 0 bridgehead atoms. The SMILES string of the molecule is C1=CC=C2C=NN=CC2C=C1. The van der Waals surface area contributed by atoms with Crippen molar-refractivity contribution < 1.29 is 0 Å². The van der Waals surface area contributed by atoms with Crippen LogP contribution in [0.2, 0.25) is 0 Å². The van der Waals surface area contributed by atoms with Crippen molar-refractivity contribution in [2.24, 2.45) is 16.1 Å². The highest BCUT2D eigenvalue weighted by molar-refractivity contribution is 5.90. The van der Waals surface area contributed by atoms with Crippen molar-refractivity contribution in [2.75, 3.05) is 0 Å². The zero-order chi connectivity index (χ0) is 7.52. The molecule has 11 heavy (non-hydrogen) atoms. The van der Waals surface area contributed by atoms with E-state index in [1.807, 2.05) is 24.4 Å². The minimum Gasteiger partial charge on any atom is -0.163 e. The molecular formula is C9H8N2. The number of fused-ring (bicyclic) bond motifs is 1. The lowest BCUT2D eigenvalue weighted by Gasteiger charge is -2.07. The highest BCUT2D eigenvalue weighted by Crippen LogP contribution is 2.14. The maximum atomic E-state index is 3.83. The third-order valence-corrected chi connectivity index (χ3v) is 1.71. The first-order valence-corrected chi connectivity index (χ1v) is 3.58. The lowest BCUT2D eigenvalue weighted by molar-refractivity contribution is 1.06. The molecule has 2 heteroatoms. The van der Waals surface area contributed by atoms with Gasteiger partial charge in [-0.1, -0.05) is 30.4 Å². The highest BCUT2D eigenvalue weighted by Gasteiger charge is 2.09. The van der Waals surface area contributed by atoms with Crippen molar-refractivity contribution in [3.05, 3.63) is 36.0 Å². The Morgan fingerprint density at radius 1 is 1.09 bits per heavy atom. The highest BCUT2D eigenvalue weighted by atomic mass is 15.2. The van der Waals surface area contributed by atoms with Crippen LogP contribution in [0, 0.1) is 5.92 Å². The standard InChI is InChI=1S/C9H8N2/c1-2-4-8-6-10-11-7-9(8)5-3-1/h1-8H. The first kappa shape index (κ1) is 6.28. The van der Waals surface area contributed by atoms with Crippen molar-refractivity contribution in [3.63, 3.8) is 0 Å². The Labute approximate surface area is 65.3 Å². The van der Waals surface area contributed by atoms with Gasteiger partial charge in [-0.2, -0.15) is 10.2 Å². The zero-order valence-corrected chi connectivity index (χ0v) is 6.01. The molecular weight excluding hydrogens is 136 g/mol. The van der Waals surface area contributed by atoms with Crippen molar-refractivity contribution >= 4 is 12.4 Å². The molecule has 1 aliphatic carbocycles. The van der Waals surface area contributed by atoms with Crippen LogP contribution in [0.15, 0.2) is 46.2 Å². The van der Waals surface area contributed by atoms with Gasteiger partial charge in [-0.3, -0.25) is 0 Å². The Morgan fingerprint density at radius 3 is 3.09 bits per heavy atom. The molecule has 0 radical (unpaired) electrons. The molecule has 0 fully saturated rings. The van der Waals surface area contributed by atoms with E-state index in [1.54, 1.807) is 6.21 Å². The van der Waals surface area contributed by atoms with Gasteiger partial charge in [0.25, 0.3) is 0 Å². The normalized spacial score (nSPS) is 26.2. The lowest BCUT2D eigenvalue weighted by atomic mass is 10.0. The van der Waals surface area contributed by atoms with Crippen molar-refractivity contribution in [2.45, 2.75) is 0 Å². The zero-order valence-electron chi connectivity index (χ0n) is 6.01. The van der Waals surface area contributed by atoms with Gasteiger partial charge < -0.3 is 0 Å². The second-order valence-corrected chi connectivity index (χ2v) is 2.47. The summed E-state index contributed by atoms with van der Waals surface area (Å²) in [5.41, 5.74) is 1.20. The van der Waals surface area contributed by atoms with Gasteiger partial charge in [0.2, 0.25) is 0 Å². The number of rotatable bonds is 0. The first-order chi connectivity index (χ1) is 5.47. The first-order valence-electron chi connectivity index (χ1n) is 3.58. The molecule has 1 heterocycles. The second kappa shape index (κ2) is 2.66. The summed E-state index contributed by atoms with van der Waals surface area (Å²) < 4.78 is 0. The van der Waals surface area contributed by atoms with Gasteiger partial charge in [-0.15, -0.1) is 0 Å². The van der Waals surface area contributed by atoms with E-state index in [-0.39, 0.29) is 0 Å². The van der Waals surface area contributed by atoms with Gasteiger partial charge >= 0.3 is 0 Å². The third kappa shape index (κ3) is 1.19. The van der Waals surface area contributed by atoms with Gasteiger partial charge in [0, 0.05) is 12.1 Å². The van der Waals surface area contributed by atoms with Crippen LogP contribution in [0.5, 0.6) is 0 Å². The molecule has 0 aromatic heterocycles. The number of nitrogens with zero attached hydrogens (tertiary/aromatic N) is 2. The van der Waals surface area contributed by atoms with E-state index in [0.29, 0.717) is 5.92 Å². The van der Waals surface area contributed by atoms with Crippen LogP contribution in [0.25, 0.3) is 0 Å². The molecule has 0 aromatic rings. The molecule has 2 nitrogen and oxygen atoms in total. The minimum atomic E-state index is 0.322. The molecule has 0 saturated carbocycles. The van der Waals surface area contributed by atoms with Crippen LogP contribution in [0.3, 0.4) is 0 Å². The molecule has 1 atom stereocenters. The van der Waals surface area contributed by atoms with Crippen LogP contribution < -0.4 is 0 Å². The summed E-state index contributed by atoms with van der Waals surface area (Å²) in [7, 11) is 0. The molecule has 1 aliphatic heterocycles. The predicted molar refractivity (Wildman–Crippen MR) is 46.8 cm³/mol. The van der Waals surface area contributed by atoms with Gasteiger partial charge in [-0.05, 0) is 5.57 Å². The summed E-state index contributed by atoms with van der Waals surface area (Å²) in [5.74, 6) is 0.322. The molecule has 0 N–H and O–H groups in total. The molecule has 0 saturated heterocycles. The van der Waals surface area contributed by atoms with E-state index < -0.39 is 0 Å². The predicted octanol–water partition coefficient (Wildman–Crippen LogP) is 1.73. The van der Waals surface area contributed by atoms with Gasteiger partial charge in [-0.25, -0.2) is 0 Å². The summed E-state index contributed by atoms with van der Waals surface area (Å²) >= 11 is 0. The maximum absolute atomic E-state index is 3.83.